The summed E-state index contributed by atoms with van der Waals surface area (Å²) < 4.78 is 40.4. The van der Waals surface area contributed by atoms with Crippen molar-refractivity contribution in [1.82, 2.24) is 10.2 Å². The van der Waals surface area contributed by atoms with Gasteiger partial charge in [0.15, 0.2) is 0 Å². The van der Waals surface area contributed by atoms with Gasteiger partial charge in [-0.1, -0.05) is 6.07 Å². The molecule has 0 saturated heterocycles. The molecule has 0 unspecified atom stereocenters. The molecular formula is C16H18F3N3O2. The van der Waals surface area contributed by atoms with E-state index in [-0.39, 0.29) is 23.6 Å². The van der Waals surface area contributed by atoms with Crippen molar-refractivity contribution < 1.29 is 18.3 Å². The number of aliphatic hydroxyl groups is 1. The van der Waals surface area contributed by atoms with Crippen molar-refractivity contribution in [3.8, 4) is 11.3 Å². The Balaban J connectivity index is 2.49. The van der Waals surface area contributed by atoms with Crippen molar-refractivity contribution in [3.63, 3.8) is 0 Å². The Bertz CT molecular complexity index is 724. The first-order chi connectivity index (χ1) is 11.4. The number of aliphatic hydroxyl groups excluding tert-OH is 1. The highest BCUT2D eigenvalue weighted by Crippen LogP contribution is 2.38. The number of aromatic nitrogens is 2. The Morgan fingerprint density at radius 1 is 1.25 bits per heavy atom. The first-order valence-corrected chi connectivity index (χ1v) is 7.50. The van der Waals surface area contributed by atoms with Gasteiger partial charge in [0.05, 0.1) is 11.3 Å². The van der Waals surface area contributed by atoms with Crippen LogP contribution in [0, 0.1) is 0 Å². The van der Waals surface area contributed by atoms with Gasteiger partial charge in [-0.25, -0.2) is 5.10 Å². The molecule has 8 heteroatoms. The van der Waals surface area contributed by atoms with Crippen LogP contribution in [0.15, 0.2) is 35.1 Å². The largest absolute Gasteiger partial charge is 0.418 e. The van der Waals surface area contributed by atoms with Crippen LogP contribution >= 0.6 is 0 Å². The van der Waals surface area contributed by atoms with Gasteiger partial charge in [0.25, 0.3) is 5.56 Å². The van der Waals surface area contributed by atoms with Crippen LogP contribution in [0.2, 0.25) is 0 Å². The number of halogens is 3. The first-order valence-electron chi connectivity index (χ1n) is 7.50. The van der Waals surface area contributed by atoms with Gasteiger partial charge in [-0.15, -0.1) is 0 Å². The maximum atomic E-state index is 13.5. The molecule has 2 N–H and O–H groups in total. The zero-order valence-electron chi connectivity index (χ0n) is 13.1. The molecular weight excluding hydrogens is 323 g/mol. The molecule has 0 atom stereocenters. The average molecular weight is 341 g/mol. The van der Waals surface area contributed by atoms with E-state index in [2.05, 4.69) is 10.2 Å². The summed E-state index contributed by atoms with van der Waals surface area (Å²) in [5.74, 6) is 0. The van der Waals surface area contributed by atoms with Crippen LogP contribution in [-0.2, 0) is 6.18 Å². The topological polar surface area (TPSA) is 69.2 Å². The van der Waals surface area contributed by atoms with Gasteiger partial charge in [-0.2, -0.15) is 18.3 Å². The molecule has 0 fully saturated rings. The minimum atomic E-state index is -4.53. The molecule has 130 valence electrons. The number of nitrogens with one attached hydrogen (secondary N) is 1. The lowest BCUT2D eigenvalue weighted by Gasteiger charge is -2.26. The molecule has 2 rings (SSSR count). The van der Waals surface area contributed by atoms with Crippen molar-refractivity contribution in [2.75, 3.05) is 24.6 Å². The quantitative estimate of drug-likeness (QED) is 0.848. The lowest BCUT2D eigenvalue weighted by Crippen LogP contribution is -2.27. The molecule has 0 radical (unpaired) electrons. The second-order valence-electron chi connectivity index (χ2n) is 5.19. The second-order valence-corrected chi connectivity index (χ2v) is 5.19. The van der Waals surface area contributed by atoms with Crippen LogP contribution in [-0.4, -0.2) is 35.0 Å². The molecule has 0 spiro atoms. The molecule has 0 aliphatic rings. The van der Waals surface area contributed by atoms with Crippen molar-refractivity contribution in [3.05, 3.63) is 46.2 Å². The van der Waals surface area contributed by atoms with Crippen LogP contribution in [0.4, 0.5) is 18.9 Å². The summed E-state index contributed by atoms with van der Waals surface area (Å²) in [5.41, 5.74) is -0.613. The Labute approximate surface area is 136 Å². The molecule has 1 aromatic heterocycles. The fourth-order valence-electron chi connectivity index (χ4n) is 2.41. The normalized spacial score (nSPS) is 11.5. The second kappa shape index (κ2) is 7.48. The van der Waals surface area contributed by atoms with Crippen LogP contribution in [0.25, 0.3) is 11.3 Å². The Morgan fingerprint density at radius 3 is 2.54 bits per heavy atom. The van der Waals surface area contributed by atoms with Crippen LogP contribution in [0.3, 0.4) is 0 Å². The summed E-state index contributed by atoms with van der Waals surface area (Å²) in [4.78, 5) is 12.6. The monoisotopic (exact) mass is 341 g/mol. The minimum Gasteiger partial charge on any atom is -0.396 e. The van der Waals surface area contributed by atoms with E-state index in [0.717, 1.165) is 6.07 Å². The number of nitrogens with zero attached hydrogens (tertiary/aromatic N) is 2. The van der Waals surface area contributed by atoms with E-state index in [1.807, 2.05) is 0 Å². The summed E-state index contributed by atoms with van der Waals surface area (Å²) in [7, 11) is 0. The van der Waals surface area contributed by atoms with Crippen LogP contribution in [0.1, 0.15) is 18.9 Å². The van der Waals surface area contributed by atoms with Gasteiger partial charge < -0.3 is 10.0 Å². The van der Waals surface area contributed by atoms with Gasteiger partial charge in [0.2, 0.25) is 0 Å². The predicted molar refractivity (Wildman–Crippen MR) is 84.9 cm³/mol. The standard InChI is InChI=1S/C16H18F3N3O2/c1-2-22(8-3-9-23)14-6-4-11(10-12(14)16(17,18)19)13-5-7-15(24)21-20-13/h4-7,10,23H,2-3,8-9H2,1H3,(H,21,24). The fourth-order valence-corrected chi connectivity index (χ4v) is 2.41. The van der Waals surface area contributed by atoms with Gasteiger partial charge >= 0.3 is 6.18 Å². The van der Waals surface area contributed by atoms with Crippen molar-refractivity contribution in [2.45, 2.75) is 19.5 Å². The summed E-state index contributed by atoms with van der Waals surface area (Å²) in [6.45, 7) is 2.39. The van der Waals surface area contributed by atoms with Crippen LogP contribution < -0.4 is 10.5 Å². The number of rotatable bonds is 6. The molecule has 0 aliphatic carbocycles. The number of alkyl halides is 3. The number of anilines is 1. The lowest BCUT2D eigenvalue weighted by molar-refractivity contribution is -0.137. The van der Waals surface area contributed by atoms with E-state index in [9.17, 15) is 18.0 Å². The van der Waals surface area contributed by atoms with Gasteiger partial charge in [0.1, 0.15) is 0 Å². The van der Waals surface area contributed by atoms with E-state index in [1.165, 1.54) is 24.3 Å². The molecule has 0 aliphatic heterocycles. The van der Waals surface area contributed by atoms with E-state index in [0.29, 0.717) is 19.5 Å². The summed E-state index contributed by atoms with van der Waals surface area (Å²) >= 11 is 0. The fraction of sp³-hybridized carbons (Fsp3) is 0.375. The van der Waals surface area contributed by atoms with Crippen molar-refractivity contribution in [1.29, 1.82) is 0 Å². The number of aromatic amines is 1. The highest BCUT2D eigenvalue weighted by atomic mass is 19.4. The van der Waals surface area contributed by atoms with Gasteiger partial charge in [0, 0.05) is 37.0 Å². The van der Waals surface area contributed by atoms with Crippen LogP contribution in [0.5, 0.6) is 0 Å². The zero-order valence-corrected chi connectivity index (χ0v) is 13.1. The summed E-state index contributed by atoms with van der Waals surface area (Å²) in [5, 5.41) is 14.9. The SMILES string of the molecule is CCN(CCCO)c1ccc(-c2ccc(=O)[nH]n2)cc1C(F)(F)F. The van der Waals surface area contributed by atoms with Crippen molar-refractivity contribution >= 4 is 5.69 Å². The summed E-state index contributed by atoms with van der Waals surface area (Å²) in [6, 6.07) is 6.54. The molecule has 1 heterocycles. The van der Waals surface area contributed by atoms with Gasteiger partial charge in [-0.05, 0) is 31.5 Å². The maximum Gasteiger partial charge on any atom is 0.418 e. The maximum absolute atomic E-state index is 13.5. The number of hydrogen-bond donors (Lipinski definition) is 2. The molecule has 2 aromatic rings. The Morgan fingerprint density at radius 2 is 2.00 bits per heavy atom. The molecule has 0 saturated carbocycles. The molecule has 24 heavy (non-hydrogen) atoms. The number of hydrogen-bond acceptors (Lipinski definition) is 4. The third-order valence-electron chi connectivity index (χ3n) is 3.59. The molecule has 1 aromatic carbocycles. The molecule has 5 nitrogen and oxygen atoms in total. The molecule has 0 amide bonds. The average Bonchev–Trinajstić information content (AvgIpc) is 2.55. The molecule has 0 bridgehead atoms. The van der Waals surface area contributed by atoms with Crippen molar-refractivity contribution in [2.24, 2.45) is 0 Å². The zero-order chi connectivity index (χ0) is 17.7. The Kier molecular flexibility index (Phi) is 5.61. The third kappa shape index (κ3) is 4.14. The smallest absolute Gasteiger partial charge is 0.396 e. The summed E-state index contributed by atoms with van der Waals surface area (Å²) in [6.07, 6.45) is -4.14. The van der Waals surface area contributed by atoms with E-state index < -0.39 is 17.3 Å². The number of benzene rings is 1. The van der Waals surface area contributed by atoms with E-state index in [4.69, 9.17) is 5.11 Å². The lowest BCUT2D eigenvalue weighted by atomic mass is 10.0. The highest BCUT2D eigenvalue weighted by molar-refractivity contribution is 5.67. The predicted octanol–water partition coefficient (Wildman–Crippen LogP) is 2.66. The van der Waals surface area contributed by atoms with E-state index >= 15 is 0 Å². The highest BCUT2D eigenvalue weighted by Gasteiger charge is 2.35. The first kappa shape index (κ1) is 18.0. The van der Waals surface area contributed by atoms with Gasteiger partial charge in [-0.3, -0.25) is 4.79 Å². The Hall–Kier alpha value is -2.35. The minimum absolute atomic E-state index is 0.0617. The third-order valence-corrected chi connectivity index (χ3v) is 3.59. The van der Waals surface area contributed by atoms with E-state index in [1.54, 1.807) is 11.8 Å². The number of H-pyrrole nitrogens is 1.